The Kier molecular flexibility index (Phi) is 5.19. The van der Waals surface area contributed by atoms with Crippen LogP contribution in [0.2, 0.25) is 0 Å². The number of carbonyl (C=O) groups is 1. The van der Waals surface area contributed by atoms with Crippen molar-refractivity contribution in [3.8, 4) is 0 Å². The number of unbranched alkanes of at least 4 members (excludes halogenated alkanes) is 1. The Hall–Kier alpha value is -1.10. The predicted molar refractivity (Wildman–Crippen MR) is 80.9 cm³/mol. The van der Waals surface area contributed by atoms with Crippen molar-refractivity contribution in [2.45, 2.75) is 43.0 Å². The van der Waals surface area contributed by atoms with E-state index in [1.807, 2.05) is 11.8 Å². The van der Waals surface area contributed by atoms with Crippen molar-refractivity contribution in [2.24, 2.45) is 0 Å². The Morgan fingerprint density at radius 2 is 2.32 bits per heavy atom. The summed E-state index contributed by atoms with van der Waals surface area (Å²) in [6.07, 6.45) is 5.57. The molecule has 0 bridgehead atoms. The van der Waals surface area contributed by atoms with Gasteiger partial charge in [0.15, 0.2) is 0 Å². The van der Waals surface area contributed by atoms with Gasteiger partial charge in [-0.3, -0.25) is 4.79 Å². The van der Waals surface area contributed by atoms with Crippen LogP contribution in [0.15, 0.2) is 25.1 Å². The van der Waals surface area contributed by atoms with Gasteiger partial charge in [-0.2, -0.15) is 11.8 Å². The van der Waals surface area contributed by atoms with Gasteiger partial charge in [0.2, 0.25) is 5.91 Å². The molecule has 0 aromatic rings. The molecule has 106 valence electrons. The summed E-state index contributed by atoms with van der Waals surface area (Å²) in [6, 6.07) is 1.06. The fraction of sp³-hybridized carbons (Fsp3) is 0.643. The summed E-state index contributed by atoms with van der Waals surface area (Å²) in [6.45, 7) is 8.08. The predicted octanol–water partition coefficient (Wildman–Crippen LogP) is 1.37. The van der Waals surface area contributed by atoms with E-state index in [2.05, 4.69) is 29.1 Å². The van der Waals surface area contributed by atoms with E-state index in [0.29, 0.717) is 30.3 Å². The maximum Gasteiger partial charge on any atom is 0.220 e. The highest BCUT2D eigenvalue weighted by Crippen LogP contribution is 2.34. The Morgan fingerprint density at radius 3 is 3.11 bits per heavy atom. The van der Waals surface area contributed by atoms with Crippen LogP contribution in [-0.2, 0) is 4.79 Å². The molecule has 0 unspecified atom stereocenters. The summed E-state index contributed by atoms with van der Waals surface area (Å²) in [5, 5.41) is 10.3. The Labute approximate surface area is 119 Å². The Bertz CT molecular complexity index is 359. The van der Waals surface area contributed by atoms with Crippen molar-refractivity contribution in [3.05, 3.63) is 25.1 Å². The number of carbonyl (C=O) groups excluding carboxylic acids is 1. The third-order valence-corrected chi connectivity index (χ3v) is 5.12. The van der Waals surface area contributed by atoms with Crippen molar-refractivity contribution >= 4 is 17.7 Å². The summed E-state index contributed by atoms with van der Waals surface area (Å²) in [5.74, 6) is 2.25. The minimum atomic E-state index is 0.130. The van der Waals surface area contributed by atoms with Crippen LogP contribution in [0.5, 0.6) is 0 Å². The van der Waals surface area contributed by atoms with Gasteiger partial charge in [0.1, 0.15) is 0 Å². The Balaban J connectivity index is 1.60. The first kappa shape index (κ1) is 14.3. The summed E-state index contributed by atoms with van der Waals surface area (Å²) in [5.41, 5.74) is 0. The van der Waals surface area contributed by atoms with Gasteiger partial charge in [0.05, 0.1) is 17.9 Å². The van der Waals surface area contributed by atoms with Gasteiger partial charge in [-0.25, -0.2) is 0 Å². The summed E-state index contributed by atoms with van der Waals surface area (Å²) in [7, 11) is 0. The van der Waals surface area contributed by atoms with Crippen molar-refractivity contribution in [1.82, 2.24) is 16.0 Å². The number of nitrogens with one attached hydrogen (secondary N) is 3. The van der Waals surface area contributed by atoms with Crippen LogP contribution in [0.3, 0.4) is 0 Å². The second-order valence-corrected chi connectivity index (χ2v) is 6.38. The largest absolute Gasteiger partial charge is 0.367 e. The van der Waals surface area contributed by atoms with E-state index >= 15 is 0 Å². The zero-order valence-electron chi connectivity index (χ0n) is 11.3. The van der Waals surface area contributed by atoms with Crippen molar-refractivity contribution in [2.75, 3.05) is 12.3 Å². The van der Waals surface area contributed by atoms with Crippen molar-refractivity contribution < 1.29 is 4.79 Å². The zero-order chi connectivity index (χ0) is 13.7. The van der Waals surface area contributed by atoms with E-state index in [1.54, 1.807) is 6.08 Å². The van der Waals surface area contributed by atoms with E-state index in [4.69, 9.17) is 0 Å². The molecule has 2 aliphatic heterocycles. The highest BCUT2D eigenvalue weighted by Gasteiger charge is 2.40. The van der Waals surface area contributed by atoms with Gasteiger partial charge in [0.25, 0.3) is 0 Å². The van der Waals surface area contributed by atoms with Crippen LogP contribution < -0.4 is 16.0 Å². The second-order valence-electron chi connectivity index (χ2n) is 5.11. The summed E-state index contributed by atoms with van der Waals surface area (Å²) < 4.78 is 0. The van der Waals surface area contributed by atoms with E-state index in [9.17, 15) is 4.79 Å². The molecule has 3 atom stereocenters. The molecule has 3 N–H and O–H groups in total. The van der Waals surface area contributed by atoms with Gasteiger partial charge < -0.3 is 16.0 Å². The zero-order valence-corrected chi connectivity index (χ0v) is 12.1. The molecule has 0 aliphatic carbocycles. The lowest BCUT2D eigenvalue weighted by atomic mass is 10.0. The van der Waals surface area contributed by atoms with Crippen LogP contribution in [-0.4, -0.2) is 35.5 Å². The molecule has 0 radical (unpaired) electrons. The number of rotatable bonds is 7. The highest BCUT2D eigenvalue weighted by atomic mass is 32.2. The molecular weight excluding hydrogens is 258 g/mol. The third-order valence-electron chi connectivity index (χ3n) is 3.61. The molecule has 4 nitrogen and oxygen atoms in total. The molecule has 1 amide bonds. The summed E-state index contributed by atoms with van der Waals surface area (Å²) in [4.78, 5) is 11.4. The minimum absolute atomic E-state index is 0.130. The van der Waals surface area contributed by atoms with Crippen molar-refractivity contribution in [3.63, 3.8) is 0 Å². The second kappa shape index (κ2) is 6.89. The van der Waals surface area contributed by atoms with E-state index in [-0.39, 0.29) is 5.91 Å². The fourth-order valence-corrected chi connectivity index (χ4v) is 4.20. The SMILES string of the molecule is C=CCNC(=O)CCCC[C@@H]1SC[C@@H]2NC(=C)N[C@@H]21. The topological polar surface area (TPSA) is 53.2 Å². The Morgan fingerprint density at radius 1 is 1.47 bits per heavy atom. The molecule has 2 saturated heterocycles. The average molecular weight is 281 g/mol. The maximum atomic E-state index is 11.4. The van der Waals surface area contributed by atoms with E-state index < -0.39 is 0 Å². The number of thioether (sulfide) groups is 1. The van der Waals surface area contributed by atoms with Crippen LogP contribution in [0.25, 0.3) is 0 Å². The van der Waals surface area contributed by atoms with E-state index in [1.165, 1.54) is 6.42 Å². The lowest BCUT2D eigenvalue weighted by Crippen LogP contribution is -2.36. The highest BCUT2D eigenvalue weighted by molar-refractivity contribution is 8.00. The number of hydrogen-bond donors (Lipinski definition) is 3. The van der Waals surface area contributed by atoms with Crippen LogP contribution in [0.1, 0.15) is 25.7 Å². The van der Waals surface area contributed by atoms with E-state index in [0.717, 1.165) is 24.4 Å². The monoisotopic (exact) mass is 281 g/mol. The lowest BCUT2D eigenvalue weighted by molar-refractivity contribution is -0.121. The van der Waals surface area contributed by atoms with Gasteiger partial charge in [-0.15, -0.1) is 6.58 Å². The van der Waals surface area contributed by atoms with Crippen molar-refractivity contribution in [1.29, 1.82) is 0 Å². The maximum absolute atomic E-state index is 11.4. The van der Waals surface area contributed by atoms with Gasteiger partial charge in [0, 0.05) is 24.0 Å². The van der Waals surface area contributed by atoms with Gasteiger partial charge >= 0.3 is 0 Å². The normalized spacial score (nSPS) is 28.4. The molecular formula is C14H23N3OS. The first-order valence-electron chi connectivity index (χ1n) is 6.92. The average Bonchev–Trinajstić information content (AvgIpc) is 2.92. The first-order chi connectivity index (χ1) is 9.20. The van der Waals surface area contributed by atoms with Crippen LogP contribution >= 0.6 is 11.8 Å². The molecule has 5 heteroatoms. The lowest BCUT2D eigenvalue weighted by Gasteiger charge is -2.17. The van der Waals surface area contributed by atoms with Crippen LogP contribution in [0.4, 0.5) is 0 Å². The molecule has 0 spiro atoms. The third kappa shape index (κ3) is 3.93. The molecule has 0 aromatic carbocycles. The van der Waals surface area contributed by atoms with Gasteiger partial charge in [-0.05, 0) is 12.8 Å². The molecule has 2 heterocycles. The molecule has 2 rings (SSSR count). The smallest absolute Gasteiger partial charge is 0.220 e. The molecule has 2 fully saturated rings. The number of amides is 1. The van der Waals surface area contributed by atoms with Gasteiger partial charge in [-0.1, -0.05) is 19.1 Å². The summed E-state index contributed by atoms with van der Waals surface area (Å²) >= 11 is 2.03. The molecule has 2 aliphatic rings. The molecule has 19 heavy (non-hydrogen) atoms. The number of fused-ring (bicyclic) bond motifs is 1. The minimum Gasteiger partial charge on any atom is -0.367 e. The quantitative estimate of drug-likeness (QED) is 0.487. The van der Waals surface area contributed by atoms with Crippen LogP contribution in [0, 0.1) is 0 Å². The molecule has 0 aromatic heterocycles. The fourth-order valence-electron chi connectivity index (χ4n) is 2.65. The first-order valence-corrected chi connectivity index (χ1v) is 7.96. The molecule has 0 saturated carbocycles. The number of hydrogen-bond acceptors (Lipinski definition) is 4. The standard InChI is InChI=1S/C14H23N3OS/c1-3-8-15-13(18)7-5-4-6-12-14-11(9-19-12)16-10(2)17-14/h3,11-12,14,16-17H,1-2,4-9H2,(H,15,18)/t11-,12-,14-/m0/s1.